The average molecular weight is 291 g/mol. The number of anilines is 3. The Morgan fingerprint density at radius 2 is 1.85 bits per heavy atom. The van der Waals surface area contributed by atoms with Crippen LogP contribution in [0.5, 0.6) is 0 Å². The van der Waals surface area contributed by atoms with E-state index in [4.69, 9.17) is 0 Å². The summed E-state index contributed by atoms with van der Waals surface area (Å²) in [5.41, 5.74) is 3.04. The highest BCUT2D eigenvalue weighted by Crippen LogP contribution is 2.32. The highest BCUT2D eigenvalue weighted by Gasteiger charge is 2.15. The number of halogens is 1. The van der Waals surface area contributed by atoms with Gasteiger partial charge in [0.25, 0.3) is 0 Å². The topological polar surface area (TPSA) is 55.4 Å². The van der Waals surface area contributed by atoms with Crippen LogP contribution in [-0.2, 0) is 17.7 Å². The van der Waals surface area contributed by atoms with E-state index in [1.807, 2.05) is 6.07 Å². The van der Waals surface area contributed by atoms with Gasteiger partial charge in [0.15, 0.2) is 0 Å². The fourth-order valence-electron chi connectivity index (χ4n) is 2.30. The second-order valence-corrected chi connectivity index (χ2v) is 5.31. The summed E-state index contributed by atoms with van der Waals surface area (Å²) >= 11 is -2.48. The van der Waals surface area contributed by atoms with Crippen LogP contribution in [0.1, 0.15) is 5.56 Å². The van der Waals surface area contributed by atoms with Gasteiger partial charge in [0.05, 0.1) is 22.6 Å². The lowest BCUT2D eigenvalue weighted by Gasteiger charge is -2.26. The molecule has 0 bridgehead atoms. The summed E-state index contributed by atoms with van der Waals surface area (Å²) in [6.45, 7) is 0.857. The van der Waals surface area contributed by atoms with Crippen molar-refractivity contribution in [1.82, 2.24) is 0 Å². The third kappa shape index (κ3) is 2.39. The van der Waals surface area contributed by atoms with Gasteiger partial charge in [0, 0.05) is 12.2 Å². The Hall–Kier alpha value is -1.92. The standard InChI is InChI=1S/C14H13FN2O2S/c15-11-2-5-12(6-3-11)17(20(18)19)13-4-1-10-7-8-16-14(10)9-13/h1-6,9,16H,7-8H2,(H,18,19)/p-1. The van der Waals surface area contributed by atoms with Gasteiger partial charge in [-0.1, -0.05) is 6.07 Å². The minimum Gasteiger partial charge on any atom is -0.755 e. The Morgan fingerprint density at radius 3 is 2.55 bits per heavy atom. The second kappa shape index (κ2) is 5.22. The van der Waals surface area contributed by atoms with E-state index in [9.17, 15) is 13.2 Å². The minimum absolute atomic E-state index is 0.401. The second-order valence-electron chi connectivity index (χ2n) is 4.51. The maximum absolute atomic E-state index is 13.0. The quantitative estimate of drug-likeness (QED) is 0.885. The number of benzene rings is 2. The lowest BCUT2D eigenvalue weighted by atomic mass is 10.1. The number of hydrogen-bond acceptors (Lipinski definition) is 3. The first kappa shape index (κ1) is 13.1. The lowest BCUT2D eigenvalue weighted by molar-refractivity contribution is 0.537. The lowest BCUT2D eigenvalue weighted by Crippen LogP contribution is -2.19. The van der Waals surface area contributed by atoms with Crippen molar-refractivity contribution in [3.8, 4) is 0 Å². The monoisotopic (exact) mass is 291 g/mol. The molecule has 2 aromatic carbocycles. The van der Waals surface area contributed by atoms with E-state index in [0.717, 1.165) is 23.0 Å². The first-order chi connectivity index (χ1) is 9.65. The molecule has 0 saturated carbocycles. The Labute approximate surface area is 118 Å². The molecular weight excluding hydrogens is 279 g/mol. The highest BCUT2D eigenvalue weighted by atomic mass is 32.2. The largest absolute Gasteiger partial charge is 0.755 e. The van der Waals surface area contributed by atoms with Gasteiger partial charge >= 0.3 is 0 Å². The molecule has 1 N–H and O–H groups in total. The molecule has 2 aromatic rings. The Kier molecular flexibility index (Phi) is 3.42. The number of nitrogens with zero attached hydrogens (tertiary/aromatic N) is 1. The van der Waals surface area contributed by atoms with Crippen LogP contribution < -0.4 is 9.62 Å². The van der Waals surface area contributed by atoms with Crippen molar-refractivity contribution in [3.63, 3.8) is 0 Å². The molecule has 1 unspecified atom stereocenters. The molecule has 1 aliphatic heterocycles. The van der Waals surface area contributed by atoms with E-state index in [1.54, 1.807) is 12.1 Å². The van der Waals surface area contributed by atoms with Crippen LogP contribution in [0.15, 0.2) is 42.5 Å². The molecule has 1 heterocycles. The van der Waals surface area contributed by atoms with E-state index in [2.05, 4.69) is 5.32 Å². The molecule has 6 heteroatoms. The fraction of sp³-hybridized carbons (Fsp3) is 0.143. The maximum atomic E-state index is 13.0. The molecule has 0 spiro atoms. The summed E-state index contributed by atoms with van der Waals surface area (Å²) in [6, 6.07) is 10.8. The van der Waals surface area contributed by atoms with Crippen LogP contribution in [0.25, 0.3) is 0 Å². The molecular formula is C14H12FN2O2S-. The first-order valence-corrected chi connectivity index (χ1v) is 7.20. The van der Waals surface area contributed by atoms with Crippen molar-refractivity contribution in [2.75, 3.05) is 16.2 Å². The van der Waals surface area contributed by atoms with Gasteiger partial charge in [-0.05, 0) is 48.4 Å². The van der Waals surface area contributed by atoms with E-state index in [-0.39, 0.29) is 0 Å². The summed E-state index contributed by atoms with van der Waals surface area (Å²) in [5.74, 6) is -0.402. The van der Waals surface area contributed by atoms with Crippen LogP contribution in [0.3, 0.4) is 0 Å². The predicted octanol–water partition coefficient (Wildman–Crippen LogP) is 2.73. The molecule has 0 saturated heterocycles. The van der Waals surface area contributed by atoms with Crippen LogP contribution >= 0.6 is 0 Å². The predicted molar refractivity (Wildman–Crippen MR) is 76.1 cm³/mol. The van der Waals surface area contributed by atoms with Gasteiger partial charge in [-0.25, -0.2) is 4.39 Å². The highest BCUT2D eigenvalue weighted by molar-refractivity contribution is 7.81. The van der Waals surface area contributed by atoms with E-state index in [0.29, 0.717) is 11.4 Å². The minimum atomic E-state index is -2.48. The third-order valence-electron chi connectivity index (χ3n) is 3.25. The smallest absolute Gasteiger partial charge is 0.123 e. The molecule has 20 heavy (non-hydrogen) atoms. The zero-order chi connectivity index (χ0) is 14.1. The summed E-state index contributed by atoms with van der Waals surface area (Å²) in [4.78, 5) is 0. The summed E-state index contributed by atoms with van der Waals surface area (Å²) in [6.07, 6.45) is 0.937. The number of hydrogen-bond donors (Lipinski definition) is 1. The van der Waals surface area contributed by atoms with Crippen LogP contribution in [0.2, 0.25) is 0 Å². The van der Waals surface area contributed by atoms with Gasteiger partial charge in [-0.3, -0.25) is 8.51 Å². The van der Waals surface area contributed by atoms with E-state index < -0.39 is 17.1 Å². The number of nitrogens with one attached hydrogen (secondary N) is 1. The molecule has 0 aliphatic carbocycles. The normalized spacial score (nSPS) is 14.5. The zero-order valence-corrected chi connectivity index (χ0v) is 11.3. The van der Waals surface area contributed by atoms with Crippen molar-refractivity contribution >= 4 is 28.3 Å². The van der Waals surface area contributed by atoms with Crippen LogP contribution in [0.4, 0.5) is 21.5 Å². The molecule has 1 atom stereocenters. The molecule has 3 rings (SSSR count). The molecule has 0 fully saturated rings. The van der Waals surface area contributed by atoms with Crippen LogP contribution in [-0.4, -0.2) is 15.3 Å². The summed E-state index contributed by atoms with van der Waals surface area (Å²) in [7, 11) is 0. The molecule has 4 nitrogen and oxygen atoms in total. The van der Waals surface area contributed by atoms with E-state index >= 15 is 0 Å². The summed E-state index contributed by atoms with van der Waals surface area (Å²) in [5, 5.41) is 3.21. The molecule has 0 radical (unpaired) electrons. The third-order valence-corrected chi connectivity index (χ3v) is 3.97. The number of fused-ring (bicyclic) bond motifs is 1. The molecule has 1 aliphatic rings. The average Bonchev–Trinajstić information content (AvgIpc) is 2.88. The van der Waals surface area contributed by atoms with Gasteiger partial charge in [0.2, 0.25) is 0 Å². The maximum Gasteiger partial charge on any atom is 0.123 e. The summed E-state index contributed by atoms with van der Waals surface area (Å²) < 4.78 is 37.1. The van der Waals surface area contributed by atoms with Gasteiger partial charge < -0.3 is 9.87 Å². The van der Waals surface area contributed by atoms with Crippen molar-refractivity contribution in [1.29, 1.82) is 0 Å². The fourth-order valence-corrected chi connectivity index (χ4v) is 2.88. The van der Waals surface area contributed by atoms with Crippen LogP contribution in [0, 0.1) is 5.82 Å². The van der Waals surface area contributed by atoms with Crippen molar-refractivity contribution < 1.29 is 13.2 Å². The van der Waals surface area contributed by atoms with Gasteiger partial charge in [-0.2, -0.15) is 0 Å². The number of rotatable bonds is 3. The Morgan fingerprint density at radius 1 is 1.15 bits per heavy atom. The Balaban J connectivity index is 2.03. The zero-order valence-electron chi connectivity index (χ0n) is 10.5. The SMILES string of the molecule is O=S([O-])N(c1ccc(F)cc1)c1ccc2c(c1)NCC2. The first-order valence-electron chi connectivity index (χ1n) is 6.17. The van der Waals surface area contributed by atoms with Gasteiger partial charge in [0.1, 0.15) is 5.82 Å². The Bertz CT molecular complexity index is 661. The molecule has 0 aromatic heterocycles. The van der Waals surface area contributed by atoms with Crippen molar-refractivity contribution in [2.45, 2.75) is 6.42 Å². The van der Waals surface area contributed by atoms with Gasteiger partial charge in [-0.15, -0.1) is 0 Å². The van der Waals surface area contributed by atoms with Crippen molar-refractivity contribution in [3.05, 3.63) is 53.8 Å². The van der Waals surface area contributed by atoms with E-state index in [1.165, 1.54) is 29.8 Å². The molecule has 104 valence electrons. The van der Waals surface area contributed by atoms with Crippen molar-refractivity contribution in [2.24, 2.45) is 0 Å². The molecule has 0 amide bonds.